The SMILES string of the molecule is CCN(CC)S(=O)(=O)c1ccc(C(=O)Nc2sc3c(c2C(=O)NC(=O)NC)CCN(C(C)C)C3)cc1. The van der Waals surface area contributed by atoms with Gasteiger partial charge in [0.2, 0.25) is 10.0 Å². The molecule has 0 radical (unpaired) electrons. The third kappa shape index (κ3) is 5.77. The monoisotopic (exact) mass is 535 g/mol. The first-order valence-electron chi connectivity index (χ1n) is 11.9. The maximum absolute atomic E-state index is 13.1. The number of nitrogens with zero attached hydrogens (tertiary/aromatic N) is 2. The second kappa shape index (κ2) is 11.5. The zero-order valence-electron chi connectivity index (χ0n) is 21.2. The lowest BCUT2D eigenvalue weighted by Gasteiger charge is -2.30. The Hall–Kier alpha value is -2.80. The molecule has 0 atom stereocenters. The van der Waals surface area contributed by atoms with Gasteiger partial charge in [-0.05, 0) is 50.1 Å². The normalized spacial score (nSPS) is 14.0. The molecule has 3 N–H and O–H groups in total. The van der Waals surface area contributed by atoms with E-state index in [4.69, 9.17) is 0 Å². The Bertz CT molecular complexity index is 1230. The maximum Gasteiger partial charge on any atom is 0.321 e. The first kappa shape index (κ1) is 27.8. The molecular weight excluding hydrogens is 502 g/mol. The summed E-state index contributed by atoms with van der Waals surface area (Å²) < 4.78 is 26.8. The van der Waals surface area contributed by atoms with Crippen LogP contribution in [0.4, 0.5) is 9.80 Å². The number of thiophene rings is 1. The quantitative estimate of drug-likeness (QED) is 0.477. The van der Waals surface area contributed by atoms with Gasteiger partial charge in [0.05, 0.1) is 10.5 Å². The van der Waals surface area contributed by atoms with Crippen LogP contribution in [-0.4, -0.2) is 68.2 Å². The molecule has 0 saturated carbocycles. The number of anilines is 1. The lowest BCUT2D eigenvalue weighted by Crippen LogP contribution is -2.39. The van der Waals surface area contributed by atoms with Gasteiger partial charge in [-0.3, -0.25) is 19.8 Å². The first-order valence-corrected chi connectivity index (χ1v) is 14.1. The van der Waals surface area contributed by atoms with Crippen molar-refractivity contribution in [2.45, 2.75) is 51.6 Å². The average Bonchev–Trinajstić information content (AvgIpc) is 3.21. The van der Waals surface area contributed by atoms with Crippen LogP contribution < -0.4 is 16.0 Å². The van der Waals surface area contributed by atoms with E-state index in [2.05, 4.69) is 34.7 Å². The largest absolute Gasteiger partial charge is 0.341 e. The van der Waals surface area contributed by atoms with Crippen molar-refractivity contribution in [1.82, 2.24) is 19.8 Å². The van der Waals surface area contributed by atoms with Gasteiger partial charge in [-0.1, -0.05) is 13.8 Å². The molecule has 12 heteroatoms. The number of carbonyl (C=O) groups excluding carboxylic acids is 3. The minimum Gasteiger partial charge on any atom is -0.341 e. The number of carbonyl (C=O) groups is 3. The highest BCUT2D eigenvalue weighted by Crippen LogP contribution is 2.38. The van der Waals surface area contributed by atoms with E-state index < -0.39 is 27.9 Å². The number of fused-ring (bicyclic) bond motifs is 1. The van der Waals surface area contributed by atoms with Crippen LogP contribution in [0.3, 0.4) is 0 Å². The molecule has 196 valence electrons. The topological polar surface area (TPSA) is 128 Å². The van der Waals surface area contributed by atoms with Crippen molar-refractivity contribution in [3.05, 3.63) is 45.8 Å². The smallest absolute Gasteiger partial charge is 0.321 e. The molecule has 2 aromatic rings. The molecule has 0 spiro atoms. The molecule has 1 aliphatic rings. The van der Waals surface area contributed by atoms with Crippen molar-refractivity contribution in [1.29, 1.82) is 0 Å². The van der Waals surface area contributed by atoms with Crippen molar-refractivity contribution in [3.63, 3.8) is 0 Å². The lowest BCUT2D eigenvalue weighted by atomic mass is 10.0. The lowest BCUT2D eigenvalue weighted by molar-refractivity contribution is 0.0963. The molecule has 36 heavy (non-hydrogen) atoms. The second-order valence-electron chi connectivity index (χ2n) is 8.62. The zero-order valence-corrected chi connectivity index (χ0v) is 22.8. The summed E-state index contributed by atoms with van der Waals surface area (Å²) in [5, 5.41) is 7.83. The fourth-order valence-electron chi connectivity index (χ4n) is 4.09. The van der Waals surface area contributed by atoms with E-state index in [1.165, 1.54) is 47.0 Å². The van der Waals surface area contributed by atoms with Crippen LogP contribution in [0, 0.1) is 0 Å². The Kier molecular flexibility index (Phi) is 8.88. The van der Waals surface area contributed by atoms with Gasteiger partial charge < -0.3 is 10.6 Å². The standard InChI is InChI=1S/C24H33N5O5S2/c1-6-29(7-2)36(33,34)17-10-8-16(9-11-17)21(30)26-23-20(22(31)27-24(32)25-5)18-12-13-28(15(3)4)14-19(18)35-23/h8-11,15H,6-7,12-14H2,1-5H3,(H,26,30)(H2,25,27,31,32). The van der Waals surface area contributed by atoms with Crippen LogP contribution in [0.1, 0.15) is 58.9 Å². The number of imide groups is 1. The molecular formula is C24H33N5O5S2. The number of urea groups is 1. The van der Waals surface area contributed by atoms with Gasteiger partial charge in [0.1, 0.15) is 5.00 Å². The number of sulfonamides is 1. The van der Waals surface area contributed by atoms with Crippen LogP contribution in [0.5, 0.6) is 0 Å². The van der Waals surface area contributed by atoms with Crippen LogP contribution >= 0.6 is 11.3 Å². The fourth-order valence-corrected chi connectivity index (χ4v) is 6.81. The third-order valence-corrected chi connectivity index (χ3v) is 9.38. The van der Waals surface area contributed by atoms with Crippen molar-refractivity contribution < 1.29 is 22.8 Å². The molecule has 0 saturated heterocycles. The Balaban J connectivity index is 1.90. The van der Waals surface area contributed by atoms with Crippen molar-refractivity contribution in [3.8, 4) is 0 Å². The molecule has 0 unspecified atom stereocenters. The predicted octanol–water partition coefficient (Wildman–Crippen LogP) is 2.87. The molecule has 0 aliphatic carbocycles. The van der Waals surface area contributed by atoms with Crippen LogP contribution in [-0.2, 0) is 23.0 Å². The number of benzene rings is 1. The summed E-state index contributed by atoms with van der Waals surface area (Å²) in [6.45, 7) is 9.83. The number of nitrogens with one attached hydrogen (secondary N) is 3. The zero-order chi connectivity index (χ0) is 26.6. The Morgan fingerprint density at radius 3 is 2.28 bits per heavy atom. The van der Waals surface area contributed by atoms with Gasteiger partial charge in [-0.15, -0.1) is 11.3 Å². The van der Waals surface area contributed by atoms with Crippen molar-refractivity contribution >= 4 is 44.2 Å². The molecule has 2 heterocycles. The van der Waals surface area contributed by atoms with E-state index in [0.717, 1.165) is 17.0 Å². The predicted molar refractivity (Wildman–Crippen MR) is 140 cm³/mol. The van der Waals surface area contributed by atoms with E-state index >= 15 is 0 Å². The summed E-state index contributed by atoms with van der Waals surface area (Å²) in [5.41, 5.74) is 1.37. The van der Waals surface area contributed by atoms with Crippen LogP contribution in [0.25, 0.3) is 0 Å². The summed E-state index contributed by atoms with van der Waals surface area (Å²) in [6.07, 6.45) is 0.619. The molecule has 1 aromatic heterocycles. The summed E-state index contributed by atoms with van der Waals surface area (Å²) in [7, 11) is -2.23. The Morgan fingerprint density at radius 2 is 1.72 bits per heavy atom. The molecule has 0 fully saturated rings. The maximum atomic E-state index is 13.1. The highest BCUT2D eigenvalue weighted by molar-refractivity contribution is 7.89. The molecule has 1 aromatic carbocycles. The average molecular weight is 536 g/mol. The molecule has 0 bridgehead atoms. The van der Waals surface area contributed by atoms with E-state index in [1.54, 1.807) is 13.8 Å². The number of hydrogen-bond acceptors (Lipinski definition) is 7. The minimum atomic E-state index is -3.64. The Morgan fingerprint density at radius 1 is 1.08 bits per heavy atom. The van der Waals surface area contributed by atoms with Gasteiger partial charge in [-0.2, -0.15) is 4.31 Å². The van der Waals surface area contributed by atoms with E-state index in [9.17, 15) is 22.8 Å². The molecule has 1 aliphatic heterocycles. The van der Waals surface area contributed by atoms with Gasteiger partial charge in [0, 0.05) is 49.7 Å². The number of hydrogen-bond donors (Lipinski definition) is 3. The Labute approximate surface area is 216 Å². The van der Waals surface area contributed by atoms with Gasteiger partial charge in [-0.25, -0.2) is 13.2 Å². The van der Waals surface area contributed by atoms with Crippen LogP contribution in [0.2, 0.25) is 0 Å². The molecule has 3 rings (SSSR count). The van der Waals surface area contributed by atoms with Crippen molar-refractivity contribution in [2.24, 2.45) is 0 Å². The first-order chi connectivity index (χ1) is 17.0. The van der Waals surface area contributed by atoms with Crippen molar-refractivity contribution in [2.75, 3.05) is 32.0 Å². The van der Waals surface area contributed by atoms with E-state index in [1.807, 2.05) is 0 Å². The summed E-state index contributed by atoms with van der Waals surface area (Å²) in [6, 6.07) is 5.40. The number of amides is 4. The van der Waals surface area contributed by atoms with Gasteiger partial charge in [0.25, 0.3) is 11.8 Å². The highest BCUT2D eigenvalue weighted by Gasteiger charge is 2.30. The summed E-state index contributed by atoms with van der Waals surface area (Å²) >= 11 is 1.32. The molecule has 10 nitrogen and oxygen atoms in total. The second-order valence-corrected chi connectivity index (χ2v) is 11.7. The van der Waals surface area contributed by atoms with Gasteiger partial charge in [0.15, 0.2) is 0 Å². The summed E-state index contributed by atoms with van der Waals surface area (Å²) in [4.78, 5) is 41.2. The fraction of sp³-hybridized carbons (Fsp3) is 0.458. The van der Waals surface area contributed by atoms with Gasteiger partial charge >= 0.3 is 6.03 Å². The minimum absolute atomic E-state index is 0.105. The van der Waals surface area contributed by atoms with E-state index in [0.29, 0.717) is 37.1 Å². The number of rotatable bonds is 8. The molecule has 4 amide bonds. The third-order valence-electron chi connectivity index (χ3n) is 6.18. The summed E-state index contributed by atoms with van der Waals surface area (Å²) in [5.74, 6) is -1.06. The highest BCUT2D eigenvalue weighted by atomic mass is 32.2. The van der Waals surface area contributed by atoms with Crippen LogP contribution in [0.15, 0.2) is 29.2 Å². The van der Waals surface area contributed by atoms with E-state index in [-0.39, 0.29) is 16.0 Å².